The summed E-state index contributed by atoms with van der Waals surface area (Å²) in [6.45, 7) is 0.587. The normalized spacial score (nSPS) is 12.2. The van der Waals surface area contributed by atoms with Crippen LogP contribution in [0.15, 0.2) is 29.2 Å². The maximum Gasteiger partial charge on any atom is 0.243 e. The monoisotopic (exact) mass is 328 g/mol. The number of hydrogen-bond acceptors (Lipinski definition) is 6. The number of aliphatic hydroxyl groups excluding tert-OH is 2. The van der Waals surface area contributed by atoms with Crippen LogP contribution < -0.4 is 5.11 Å². The first-order chi connectivity index (χ1) is 10.3. The van der Waals surface area contributed by atoms with Crippen LogP contribution >= 0.6 is 0 Å². The highest BCUT2D eigenvalue weighted by molar-refractivity contribution is 7.89. The number of sulfonamides is 1. The molecule has 0 heterocycles. The molecule has 0 aliphatic rings. The van der Waals surface area contributed by atoms with Crippen molar-refractivity contribution in [1.82, 2.24) is 4.31 Å². The lowest BCUT2D eigenvalue weighted by atomic mass is 10.1. The number of carbonyl (C=O) groups is 1. The molecule has 0 atom stereocenters. The second-order valence-corrected chi connectivity index (χ2v) is 6.43. The van der Waals surface area contributed by atoms with Gasteiger partial charge in [-0.2, -0.15) is 4.31 Å². The van der Waals surface area contributed by atoms with Gasteiger partial charge in [0.25, 0.3) is 0 Å². The van der Waals surface area contributed by atoms with E-state index >= 15 is 0 Å². The zero-order valence-electron chi connectivity index (χ0n) is 12.1. The standard InChI is InChI=1S/C14H19NO6S/c1-11-2-3-12(4-5-14(18)19)10-13(11)22(20,21)15(6-8-16)7-9-17/h2-5,10,16-17H,6-9H2,1H3,(H,18,19)/p-1/b5-4+. The molecule has 7 nitrogen and oxygen atoms in total. The molecule has 122 valence electrons. The molecule has 8 heteroatoms. The van der Waals surface area contributed by atoms with E-state index in [-0.39, 0.29) is 31.2 Å². The van der Waals surface area contributed by atoms with Gasteiger partial charge in [0.1, 0.15) is 0 Å². The van der Waals surface area contributed by atoms with Gasteiger partial charge in [0.15, 0.2) is 0 Å². The van der Waals surface area contributed by atoms with Crippen molar-refractivity contribution >= 4 is 22.1 Å². The Morgan fingerprint density at radius 2 is 1.86 bits per heavy atom. The molecule has 1 aromatic carbocycles. The lowest BCUT2D eigenvalue weighted by Gasteiger charge is -2.21. The Hall–Kier alpha value is -1.74. The first-order valence-corrected chi connectivity index (χ1v) is 7.98. The molecule has 22 heavy (non-hydrogen) atoms. The predicted octanol–water partition coefficient (Wildman–Crippen LogP) is -1.27. The van der Waals surface area contributed by atoms with Gasteiger partial charge in [-0.1, -0.05) is 18.2 Å². The third-order valence-electron chi connectivity index (χ3n) is 2.94. The van der Waals surface area contributed by atoms with Gasteiger partial charge >= 0.3 is 0 Å². The number of benzene rings is 1. The van der Waals surface area contributed by atoms with E-state index in [0.717, 1.165) is 10.4 Å². The quantitative estimate of drug-likeness (QED) is 0.575. The highest BCUT2D eigenvalue weighted by atomic mass is 32.2. The van der Waals surface area contributed by atoms with Gasteiger partial charge in [-0.15, -0.1) is 0 Å². The molecule has 0 saturated heterocycles. The van der Waals surface area contributed by atoms with Crippen molar-refractivity contribution in [2.24, 2.45) is 0 Å². The van der Waals surface area contributed by atoms with E-state index in [1.165, 1.54) is 12.1 Å². The summed E-state index contributed by atoms with van der Waals surface area (Å²) < 4.78 is 26.1. The molecule has 0 spiro atoms. The third kappa shape index (κ3) is 4.63. The summed E-state index contributed by atoms with van der Waals surface area (Å²) in [5.41, 5.74) is 0.868. The number of carbonyl (C=O) groups excluding carboxylic acids is 1. The van der Waals surface area contributed by atoms with Crippen LogP contribution in [0.3, 0.4) is 0 Å². The lowest BCUT2D eigenvalue weighted by molar-refractivity contribution is -0.297. The minimum absolute atomic E-state index is 0.00472. The molecule has 0 amide bonds. The van der Waals surface area contributed by atoms with Crippen molar-refractivity contribution in [2.45, 2.75) is 11.8 Å². The van der Waals surface area contributed by atoms with Crippen molar-refractivity contribution in [3.05, 3.63) is 35.4 Å². The molecule has 0 bridgehead atoms. The smallest absolute Gasteiger partial charge is 0.243 e. The van der Waals surface area contributed by atoms with E-state index in [1.54, 1.807) is 19.1 Å². The van der Waals surface area contributed by atoms with Crippen LogP contribution in [0.2, 0.25) is 0 Å². The van der Waals surface area contributed by atoms with Crippen LogP contribution in [0, 0.1) is 6.92 Å². The second-order valence-electron chi connectivity index (χ2n) is 4.53. The van der Waals surface area contributed by atoms with E-state index in [1.807, 2.05) is 0 Å². The Morgan fingerprint density at radius 3 is 2.36 bits per heavy atom. The number of carboxylic acids is 1. The fourth-order valence-electron chi connectivity index (χ4n) is 1.88. The van der Waals surface area contributed by atoms with Gasteiger partial charge in [0.05, 0.1) is 24.1 Å². The summed E-state index contributed by atoms with van der Waals surface area (Å²) in [5, 5.41) is 28.4. The first kappa shape index (κ1) is 18.3. The molecular formula is C14H18NO6S-. The average Bonchev–Trinajstić information content (AvgIpc) is 2.45. The van der Waals surface area contributed by atoms with Gasteiger partial charge in [-0.05, 0) is 30.2 Å². The minimum atomic E-state index is -3.90. The summed E-state index contributed by atoms with van der Waals surface area (Å²) in [4.78, 5) is 10.4. The molecule has 0 aromatic heterocycles. The molecule has 0 radical (unpaired) electrons. The SMILES string of the molecule is Cc1ccc(/C=C/C(=O)[O-])cc1S(=O)(=O)N(CCO)CCO. The Bertz CT molecular complexity index is 647. The summed E-state index contributed by atoms with van der Waals surface area (Å²) in [6.07, 6.45) is 2.04. The molecular weight excluding hydrogens is 310 g/mol. The van der Waals surface area contributed by atoms with Crippen molar-refractivity contribution in [3.8, 4) is 0 Å². The number of aliphatic carboxylic acids is 1. The van der Waals surface area contributed by atoms with Gasteiger partial charge in [-0.3, -0.25) is 0 Å². The Kier molecular flexibility index (Phi) is 6.69. The zero-order valence-corrected chi connectivity index (χ0v) is 12.9. The number of aliphatic hydroxyl groups is 2. The largest absolute Gasteiger partial charge is 0.545 e. The topological polar surface area (TPSA) is 118 Å². The summed E-state index contributed by atoms with van der Waals surface area (Å²) >= 11 is 0. The Labute approximate surface area is 129 Å². The van der Waals surface area contributed by atoms with E-state index in [9.17, 15) is 18.3 Å². The van der Waals surface area contributed by atoms with Crippen molar-refractivity contribution in [3.63, 3.8) is 0 Å². The molecule has 0 fully saturated rings. The van der Waals surface area contributed by atoms with Crippen LogP contribution in [-0.4, -0.2) is 55.2 Å². The van der Waals surface area contributed by atoms with Crippen molar-refractivity contribution in [1.29, 1.82) is 0 Å². The zero-order chi connectivity index (χ0) is 16.8. The van der Waals surface area contributed by atoms with E-state index < -0.39 is 16.0 Å². The average molecular weight is 328 g/mol. The molecule has 0 aliphatic carbocycles. The first-order valence-electron chi connectivity index (χ1n) is 6.54. The molecule has 0 unspecified atom stereocenters. The van der Waals surface area contributed by atoms with E-state index in [0.29, 0.717) is 11.1 Å². The summed E-state index contributed by atoms with van der Waals surface area (Å²) in [5.74, 6) is -1.38. The predicted molar refractivity (Wildman–Crippen MR) is 78.2 cm³/mol. The highest BCUT2D eigenvalue weighted by Gasteiger charge is 2.25. The molecule has 1 aromatic rings. The minimum Gasteiger partial charge on any atom is -0.545 e. The number of nitrogens with zero attached hydrogens (tertiary/aromatic N) is 1. The van der Waals surface area contributed by atoms with Crippen LogP contribution in [0.4, 0.5) is 0 Å². The van der Waals surface area contributed by atoms with Gasteiger partial charge < -0.3 is 20.1 Å². The fourth-order valence-corrected chi connectivity index (χ4v) is 3.56. The maximum atomic E-state index is 12.6. The van der Waals surface area contributed by atoms with E-state index in [4.69, 9.17) is 10.2 Å². The Morgan fingerprint density at radius 1 is 1.27 bits per heavy atom. The van der Waals surface area contributed by atoms with Crippen LogP contribution in [0.5, 0.6) is 0 Å². The van der Waals surface area contributed by atoms with Gasteiger partial charge in [-0.25, -0.2) is 8.42 Å². The molecule has 0 aliphatic heterocycles. The fraction of sp³-hybridized carbons (Fsp3) is 0.357. The highest BCUT2D eigenvalue weighted by Crippen LogP contribution is 2.22. The molecule has 2 N–H and O–H groups in total. The Balaban J connectivity index is 3.27. The second kappa shape index (κ2) is 8.04. The number of rotatable bonds is 8. The maximum absolute atomic E-state index is 12.6. The van der Waals surface area contributed by atoms with E-state index in [2.05, 4.69) is 0 Å². The summed E-state index contributed by atoms with van der Waals surface area (Å²) in [7, 11) is -3.90. The van der Waals surface area contributed by atoms with Gasteiger partial charge in [0, 0.05) is 13.1 Å². The number of aryl methyl sites for hydroxylation is 1. The molecule has 0 saturated carbocycles. The van der Waals surface area contributed by atoms with Crippen LogP contribution in [-0.2, 0) is 14.8 Å². The number of hydrogen-bond donors (Lipinski definition) is 2. The van der Waals surface area contributed by atoms with Crippen LogP contribution in [0.25, 0.3) is 6.08 Å². The van der Waals surface area contributed by atoms with Gasteiger partial charge in [0.2, 0.25) is 10.0 Å². The lowest BCUT2D eigenvalue weighted by Crippen LogP contribution is -2.36. The number of carboxylic acid groups (broad SMARTS) is 1. The molecule has 1 rings (SSSR count). The third-order valence-corrected chi connectivity index (χ3v) is 4.98. The summed E-state index contributed by atoms with van der Waals surface area (Å²) in [6, 6.07) is 4.47. The van der Waals surface area contributed by atoms with Crippen LogP contribution in [0.1, 0.15) is 11.1 Å². The van der Waals surface area contributed by atoms with Crippen molar-refractivity contribution < 1.29 is 28.5 Å². The van der Waals surface area contributed by atoms with Crippen molar-refractivity contribution in [2.75, 3.05) is 26.3 Å².